The lowest BCUT2D eigenvalue weighted by atomic mass is 10.1. The molecule has 10 nitrogen and oxygen atoms in total. The van der Waals surface area contributed by atoms with Crippen molar-refractivity contribution >= 4 is 40.6 Å². The van der Waals surface area contributed by atoms with Crippen LogP contribution in [0.5, 0.6) is 0 Å². The van der Waals surface area contributed by atoms with Crippen LogP contribution < -0.4 is 21.7 Å². The van der Waals surface area contributed by atoms with Crippen LogP contribution in [0.3, 0.4) is 0 Å². The number of aromatic nitrogens is 1. The molecule has 1 aromatic carbocycles. The zero-order valence-electron chi connectivity index (χ0n) is 17.8. The summed E-state index contributed by atoms with van der Waals surface area (Å²) in [7, 11) is 1.48. The molecule has 0 saturated heterocycles. The quantitative estimate of drug-likeness (QED) is 0.400. The number of aryl methyl sites for hydroxylation is 1. The van der Waals surface area contributed by atoms with Crippen LogP contribution >= 0.6 is 11.5 Å². The summed E-state index contributed by atoms with van der Waals surface area (Å²) >= 11 is 0.648. The van der Waals surface area contributed by atoms with E-state index in [0.29, 0.717) is 17.3 Å². The standard InChI is InChI=1S/C21H22FN5O5S/c1-11-6-7-14(32-11)17(20(29)25-8-9-31-2)27(13-5-3-4-12(22)10-13)21(30)18-15(23)16(19(24)28)26-33-18/h3-7,10,17H,8-9,23H2,1-2H3,(H2,24,28)(H,25,29). The van der Waals surface area contributed by atoms with Gasteiger partial charge in [0.1, 0.15) is 22.2 Å². The first kappa shape index (κ1) is 23.9. The van der Waals surface area contributed by atoms with E-state index in [9.17, 15) is 18.8 Å². The number of furan rings is 1. The summed E-state index contributed by atoms with van der Waals surface area (Å²) < 4.78 is 28.6. The van der Waals surface area contributed by atoms with Crippen LogP contribution in [0.1, 0.15) is 37.7 Å². The second-order valence-electron chi connectivity index (χ2n) is 6.93. The first-order valence-corrected chi connectivity index (χ1v) is 10.5. The van der Waals surface area contributed by atoms with Crippen molar-refractivity contribution < 1.29 is 27.9 Å². The number of nitrogens with one attached hydrogen (secondary N) is 1. The highest BCUT2D eigenvalue weighted by molar-refractivity contribution is 7.09. The van der Waals surface area contributed by atoms with E-state index >= 15 is 0 Å². The zero-order valence-corrected chi connectivity index (χ0v) is 18.6. The minimum absolute atomic E-state index is 0.0642. The number of hydrogen-bond donors (Lipinski definition) is 3. The molecule has 0 aliphatic rings. The Balaban J connectivity index is 2.15. The van der Waals surface area contributed by atoms with E-state index in [2.05, 4.69) is 9.69 Å². The molecule has 174 valence electrons. The number of halogens is 1. The van der Waals surface area contributed by atoms with Gasteiger partial charge in [0.25, 0.3) is 17.7 Å². The summed E-state index contributed by atoms with van der Waals surface area (Å²) in [6, 6.07) is 6.98. The van der Waals surface area contributed by atoms with E-state index in [1.165, 1.54) is 25.3 Å². The van der Waals surface area contributed by atoms with Crippen molar-refractivity contribution in [1.29, 1.82) is 0 Å². The molecule has 1 unspecified atom stereocenters. The minimum atomic E-state index is -1.33. The highest BCUT2D eigenvalue weighted by Gasteiger charge is 2.37. The molecule has 0 bridgehead atoms. The maximum Gasteiger partial charge on any atom is 0.273 e. The Kier molecular flexibility index (Phi) is 7.41. The molecule has 0 aliphatic heterocycles. The van der Waals surface area contributed by atoms with Crippen molar-refractivity contribution in [1.82, 2.24) is 9.69 Å². The van der Waals surface area contributed by atoms with E-state index in [-0.39, 0.29) is 40.9 Å². The molecule has 3 rings (SSSR count). The van der Waals surface area contributed by atoms with Gasteiger partial charge in [-0.3, -0.25) is 19.3 Å². The van der Waals surface area contributed by atoms with E-state index < -0.39 is 29.6 Å². The molecule has 2 heterocycles. The normalized spacial score (nSPS) is 11.7. The lowest BCUT2D eigenvalue weighted by Crippen LogP contribution is -2.44. The number of hydrogen-bond acceptors (Lipinski definition) is 8. The average molecular weight is 476 g/mol. The van der Waals surface area contributed by atoms with Crippen molar-refractivity contribution in [3.8, 4) is 0 Å². The first-order valence-electron chi connectivity index (χ1n) is 9.71. The smallest absolute Gasteiger partial charge is 0.273 e. The van der Waals surface area contributed by atoms with Crippen molar-refractivity contribution in [2.24, 2.45) is 5.73 Å². The van der Waals surface area contributed by atoms with Gasteiger partial charge in [0.2, 0.25) is 0 Å². The summed E-state index contributed by atoms with van der Waals surface area (Å²) in [6.45, 7) is 2.07. The van der Waals surface area contributed by atoms with Crippen LogP contribution in [-0.4, -0.2) is 42.4 Å². The predicted molar refractivity (Wildman–Crippen MR) is 119 cm³/mol. The summed E-state index contributed by atoms with van der Waals surface area (Å²) in [5.41, 5.74) is 10.8. The third-order valence-corrected chi connectivity index (χ3v) is 5.45. The van der Waals surface area contributed by atoms with Gasteiger partial charge < -0.3 is 25.9 Å². The number of ether oxygens (including phenoxy) is 1. The Labute approximate surface area is 192 Å². The molecule has 2 aromatic heterocycles. The molecule has 3 amide bonds. The molecule has 0 saturated carbocycles. The van der Waals surface area contributed by atoms with E-state index in [1.807, 2.05) is 0 Å². The van der Waals surface area contributed by atoms with Gasteiger partial charge in [0, 0.05) is 19.3 Å². The number of anilines is 2. The topological polar surface area (TPSA) is 154 Å². The lowest BCUT2D eigenvalue weighted by molar-refractivity contribution is -0.123. The number of amides is 3. The average Bonchev–Trinajstić information content (AvgIpc) is 3.37. The lowest BCUT2D eigenvalue weighted by Gasteiger charge is -2.29. The maximum atomic E-state index is 14.1. The molecule has 0 aliphatic carbocycles. The molecule has 5 N–H and O–H groups in total. The van der Waals surface area contributed by atoms with Crippen LogP contribution in [0.15, 0.2) is 40.8 Å². The Bertz CT molecular complexity index is 1180. The number of methoxy groups -OCH3 is 1. The van der Waals surface area contributed by atoms with Crippen LogP contribution in [0.25, 0.3) is 0 Å². The fourth-order valence-corrected chi connectivity index (χ4v) is 3.84. The number of carbonyl (C=O) groups excluding carboxylic acids is 3. The molecule has 12 heteroatoms. The molecule has 33 heavy (non-hydrogen) atoms. The fraction of sp³-hybridized carbons (Fsp3) is 0.238. The molecule has 0 spiro atoms. The van der Waals surface area contributed by atoms with Crippen LogP contribution in [-0.2, 0) is 9.53 Å². The van der Waals surface area contributed by atoms with Crippen LogP contribution in [0.2, 0.25) is 0 Å². The Hall–Kier alpha value is -3.77. The van der Waals surface area contributed by atoms with Crippen LogP contribution in [0.4, 0.5) is 15.8 Å². The zero-order chi connectivity index (χ0) is 24.1. The van der Waals surface area contributed by atoms with Crippen molar-refractivity contribution in [3.63, 3.8) is 0 Å². The van der Waals surface area contributed by atoms with Gasteiger partial charge >= 0.3 is 0 Å². The monoisotopic (exact) mass is 475 g/mol. The third kappa shape index (κ3) is 5.18. The second-order valence-corrected chi connectivity index (χ2v) is 7.70. The number of primary amides is 1. The number of benzene rings is 1. The number of nitrogens with zero attached hydrogens (tertiary/aromatic N) is 2. The molecule has 3 aromatic rings. The van der Waals surface area contributed by atoms with Gasteiger partial charge in [0.15, 0.2) is 11.7 Å². The number of rotatable bonds is 9. The fourth-order valence-electron chi connectivity index (χ4n) is 3.10. The first-order chi connectivity index (χ1) is 15.7. The van der Waals surface area contributed by atoms with E-state index in [4.69, 9.17) is 20.6 Å². The summed E-state index contributed by atoms with van der Waals surface area (Å²) in [4.78, 5) is 39.4. The molecule has 0 fully saturated rings. The second kappa shape index (κ2) is 10.2. The Morgan fingerprint density at radius 1 is 1.30 bits per heavy atom. The summed E-state index contributed by atoms with van der Waals surface area (Å²) in [5.74, 6) is -2.29. The van der Waals surface area contributed by atoms with Crippen molar-refractivity contribution in [2.45, 2.75) is 13.0 Å². The van der Waals surface area contributed by atoms with Crippen LogP contribution in [0, 0.1) is 12.7 Å². The van der Waals surface area contributed by atoms with Gasteiger partial charge in [-0.15, -0.1) is 0 Å². The van der Waals surface area contributed by atoms with Crippen molar-refractivity contribution in [3.05, 3.63) is 64.3 Å². The molecular weight excluding hydrogens is 453 g/mol. The third-order valence-electron chi connectivity index (χ3n) is 4.60. The largest absolute Gasteiger partial charge is 0.464 e. The minimum Gasteiger partial charge on any atom is -0.464 e. The summed E-state index contributed by atoms with van der Waals surface area (Å²) in [5, 5.41) is 2.67. The number of carbonyl (C=O) groups is 3. The number of nitrogens with two attached hydrogens (primary N) is 2. The maximum absolute atomic E-state index is 14.1. The highest BCUT2D eigenvalue weighted by Crippen LogP contribution is 2.34. The highest BCUT2D eigenvalue weighted by atomic mass is 32.1. The summed E-state index contributed by atoms with van der Waals surface area (Å²) in [6.07, 6.45) is 0. The molecular formula is C21H22FN5O5S. The van der Waals surface area contributed by atoms with Gasteiger partial charge in [-0.25, -0.2) is 4.39 Å². The Morgan fingerprint density at radius 3 is 2.64 bits per heavy atom. The van der Waals surface area contributed by atoms with Gasteiger partial charge in [-0.1, -0.05) is 6.07 Å². The predicted octanol–water partition coefficient (Wildman–Crippen LogP) is 2.02. The van der Waals surface area contributed by atoms with E-state index in [0.717, 1.165) is 11.0 Å². The van der Waals surface area contributed by atoms with Gasteiger partial charge in [-0.05, 0) is 48.8 Å². The van der Waals surface area contributed by atoms with Crippen molar-refractivity contribution in [2.75, 3.05) is 30.9 Å². The molecule has 0 radical (unpaired) electrons. The van der Waals surface area contributed by atoms with E-state index in [1.54, 1.807) is 19.1 Å². The SMILES string of the molecule is COCCNC(=O)C(c1ccc(C)o1)N(C(=O)c1snc(C(N)=O)c1N)c1cccc(F)c1. The molecule has 1 atom stereocenters. The number of nitrogen functional groups attached to an aromatic ring is 1. The van der Waals surface area contributed by atoms with Gasteiger partial charge in [-0.2, -0.15) is 4.37 Å². The van der Waals surface area contributed by atoms with Gasteiger partial charge in [0.05, 0.1) is 12.3 Å². The Morgan fingerprint density at radius 2 is 2.06 bits per heavy atom.